The third kappa shape index (κ3) is 20.7. The molecule has 0 saturated heterocycles. The van der Waals surface area contributed by atoms with Gasteiger partial charge in [-0.25, -0.2) is 0 Å². The Morgan fingerprint density at radius 2 is 0.323 bits per heavy atom. The highest BCUT2D eigenvalue weighted by atomic mass is 15.2. The lowest BCUT2D eigenvalue weighted by Gasteiger charge is -2.28. The first-order valence-corrected chi connectivity index (χ1v) is 44.1. The van der Waals surface area contributed by atoms with E-state index in [0.29, 0.717) is 0 Å². The van der Waals surface area contributed by atoms with Crippen molar-refractivity contribution in [3.63, 3.8) is 0 Å². The Bertz CT molecular complexity index is 6830. The number of nitrogens with zero attached hydrogens (tertiary/aromatic N) is 8. The van der Waals surface area contributed by atoms with Crippen molar-refractivity contribution in [3.05, 3.63) is 546 Å². The SMILES string of the molecule is CN(c1ccccc1)c1ccc(N(c2ccccc2)c2ccc(-c3ccccc3)cc2)cc1.CN(c1ccccc1)c1ccc(N(c2ccccc2)c2cccc(-c3ccccc3)c2)cc1.CN(c1ccccc1)c1ccc(N(c2ccccc2)c2cccc3ccccc23)cc1.CN(c1ccccc1)c1ccc(N(c2ccccc2)c2ccccc2-c2ccccc2)cc1. The molecule has 0 amide bonds. The Kier molecular flexibility index (Phi) is 27.6. The van der Waals surface area contributed by atoms with E-state index < -0.39 is 0 Å². The standard InChI is InChI=1S/3C31H26N2.C29H24N2/c1-32(26-15-7-3-8-16-26)27-21-23-29(24-22-27)33(28-17-9-4-10-18-28)31-20-12-11-19-30(31)25-13-5-2-6-14-25;1-32(27-15-7-3-8-16-27)28-20-22-30(23-21-28)33(29-17-9-4-10-18-29)31-19-11-14-26(24-31)25-12-5-2-6-13-25;1-32(27-13-7-3-8-14-27)28-21-23-31(24-22-28)33(29-15-9-4-10-16-29)30-19-17-26(18-20-30)25-11-5-2-6-12-25;1-30(24-13-4-2-5-14-24)25-19-21-27(22-20-25)31(26-15-6-3-7-16-26)29-18-10-12-23-11-8-9-17-28(23)29/h3*2-24H,1H3;2-22H,1H3. The van der Waals surface area contributed by atoms with E-state index in [2.05, 4.69) is 583 Å². The van der Waals surface area contributed by atoms with Crippen LogP contribution in [0.15, 0.2) is 546 Å². The lowest BCUT2D eigenvalue weighted by molar-refractivity contribution is 1.20. The summed E-state index contributed by atoms with van der Waals surface area (Å²) in [5.41, 5.74) is 30.2. The molecule has 20 rings (SSSR count). The molecule has 0 unspecified atom stereocenters. The summed E-state index contributed by atoms with van der Waals surface area (Å²) in [5, 5.41) is 2.47. The molecule has 20 aromatic rings. The van der Waals surface area contributed by atoms with Gasteiger partial charge < -0.3 is 39.2 Å². The Balaban J connectivity index is 0.000000121. The van der Waals surface area contributed by atoms with Crippen molar-refractivity contribution in [1.82, 2.24) is 0 Å². The van der Waals surface area contributed by atoms with E-state index in [-0.39, 0.29) is 0 Å². The highest BCUT2D eigenvalue weighted by Crippen LogP contribution is 2.45. The minimum Gasteiger partial charge on any atom is -0.345 e. The van der Waals surface area contributed by atoms with Gasteiger partial charge in [0.05, 0.1) is 11.4 Å². The fourth-order valence-electron chi connectivity index (χ4n) is 16.4. The van der Waals surface area contributed by atoms with E-state index in [9.17, 15) is 0 Å². The summed E-state index contributed by atoms with van der Waals surface area (Å²) in [5.74, 6) is 0. The van der Waals surface area contributed by atoms with Crippen molar-refractivity contribution in [2.24, 2.45) is 0 Å². The van der Waals surface area contributed by atoms with Crippen molar-refractivity contribution >= 4 is 125 Å². The summed E-state index contributed by atoms with van der Waals surface area (Å²) in [6.45, 7) is 0. The lowest BCUT2D eigenvalue weighted by atomic mass is 10.0. The highest BCUT2D eigenvalue weighted by Gasteiger charge is 2.22. The first kappa shape index (κ1) is 85.2. The third-order valence-electron chi connectivity index (χ3n) is 23.3. The van der Waals surface area contributed by atoms with Crippen molar-refractivity contribution in [2.45, 2.75) is 0 Å². The maximum Gasteiger partial charge on any atom is 0.0540 e. The molecule has 20 aromatic carbocycles. The second-order valence-corrected chi connectivity index (χ2v) is 31.5. The van der Waals surface area contributed by atoms with Gasteiger partial charge in [-0.1, -0.05) is 315 Å². The first-order chi connectivity index (χ1) is 64.2. The quantitative estimate of drug-likeness (QED) is 0.0625. The molecule has 0 aromatic heterocycles. The zero-order chi connectivity index (χ0) is 88.4. The molecule has 130 heavy (non-hydrogen) atoms. The van der Waals surface area contributed by atoms with Crippen LogP contribution >= 0.6 is 0 Å². The average molecular weight is 1680 g/mol. The van der Waals surface area contributed by atoms with Crippen LogP contribution < -0.4 is 39.2 Å². The molecule has 0 heterocycles. The van der Waals surface area contributed by atoms with E-state index in [1.54, 1.807) is 0 Å². The van der Waals surface area contributed by atoms with E-state index >= 15 is 0 Å². The van der Waals surface area contributed by atoms with Gasteiger partial charge in [0.1, 0.15) is 0 Å². The molecular weight excluding hydrogens is 1580 g/mol. The van der Waals surface area contributed by atoms with Gasteiger partial charge in [0.25, 0.3) is 0 Å². The molecular formula is C122H102N8. The molecule has 0 aliphatic rings. The fourth-order valence-corrected chi connectivity index (χ4v) is 16.4. The predicted octanol–water partition coefficient (Wildman–Crippen LogP) is 33.9. The van der Waals surface area contributed by atoms with Crippen LogP contribution in [-0.2, 0) is 0 Å². The summed E-state index contributed by atoms with van der Waals surface area (Å²) >= 11 is 0. The van der Waals surface area contributed by atoms with E-state index in [4.69, 9.17) is 0 Å². The van der Waals surface area contributed by atoms with Gasteiger partial charge in [0.15, 0.2) is 0 Å². The van der Waals surface area contributed by atoms with Crippen LogP contribution in [0, 0.1) is 0 Å². The zero-order valence-electron chi connectivity index (χ0n) is 73.5. The fraction of sp³-hybridized carbons (Fsp3) is 0.0328. The van der Waals surface area contributed by atoms with Crippen LogP contribution in [0.25, 0.3) is 44.2 Å². The normalized spacial score (nSPS) is 10.6. The van der Waals surface area contributed by atoms with Crippen LogP contribution in [0.2, 0.25) is 0 Å². The first-order valence-electron chi connectivity index (χ1n) is 44.1. The van der Waals surface area contributed by atoms with E-state index in [1.807, 2.05) is 30.3 Å². The minimum absolute atomic E-state index is 1.12. The number of para-hydroxylation sites is 9. The molecule has 0 saturated carbocycles. The van der Waals surface area contributed by atoms with Crippen molar-refractivity contribution in [2.75, 3.05) is 67.4 Å². The number of benzene rings is 20. The van der Waals surface area contributed by atoms with Crippen LogP contribution in [0.3, 0.4) is 0 Å². The Labute approximate surface area is 766 Å². The van der Waals surface area contributed by atoms with Crippen molar-refractivity contribution < 1.29 is 0 Å². The summed E-state index contributed by atoms with van der Waals surface area (Å²) < 4.78 is 0. The smallest absolute Gasteiger partial charge is 0.0540 e. The molecule has 0 atom stereocenters. The molecule has 8 nitrogen and oxygen atoms in total. The van der Waals surface area contributed by atoms with E-state index in [0.717, 1.165) is 85.3 Å². The summed E-state index contributed by atoms with van der Waals surface area (Å²) in [7, 11) is 8.40. The Hall–Kier alpha value is -16.9. The minimum atomic E-state index is 1.12. The van der Waals surface area contributed by atoms with Crippen molar-refractivity contribution in [1.29, 1.82) is 0 Å². The molecule has 0 spiro atoms. The molecule has 0 bridgehead atoms. The zero-order valence-corrected chi connectivity index (χ0v) is 73.5. The number of rotatable bonds is 23. The molecule has 0 aliphatic carbocycles. The van der Waals surface area contributed by atoms with Gasteiger partial charge in [-0.15, -0.1) is 0 Å². The van der Waals surface area contributed by atoms with Gasteiger partial charge >= 0.3 is 0 Å². The lowest BCUT2D eigenvalue weighted by Crippen LogP contribution is -2.12. The van der Waals surface area contributed by atoms with E-state index in [1.165, 1.54) is 72.6 Å². The second-order valence-electron chi connectivity index (χ2n) is 31.5. The van der Waals surface area contributed by atoms with Crippen molar-refractivity contribution in [3.8, 4) is 33.4 Å². The van der Waals surface area contributed by atoms with Crippen LogP contribution in [-0.4, -0.2) is 28.2 Å². The maximum atomic E-state index is 2.33. The van der Waals surface area contributed by atoms with Crippen LogP contribution in [0.5, 0.6) is 0 Å². The predicted molar refractivity (Wildman–Crippen MR) is 556 cm³/mol. The largest absolute Gasteiger partial charge is 0.345 e. The Morgan fingerprint density at radius 1 is 0.123 bits per heavy atom. The molecule has 0 aliphatic heterocycles. The molecule has 0 N–H and O–H groups in total. The molecule has 8 heteroatoms. The monoisotopic (exact) mass is 1680 g/mol. The summed E-state index contributed by atoms with van der Waals surface area (Å²) in [6, 6.07) is 192. The van der Waals surface area contributed by atoms with Crippen LogP contribution in [0.1, 0.15) is 0 Å². The molecule has 630 valence electrons. The number of anilines is 20. The summed E-state index contributed by atoms with van der Waals surface area (Å²) in [4.78, 5) is 18.1. The van der Waals surface area contributed by atoms with Gasteiger partial charge in [0.2, 0.25) is 0 Å². The third-order valence-corrected chi connectivity index (χ3v) is 23.3. The molecule has 0 fully saturated rings. The topological polar surface area (TPSA) is 25.9 Å². The van der Waals surface area contributed by atoms with Gasteiger partial charge in [-0.3, -0.25) is 0 Å². The number of hydrogen-bond acceptors (Lipinski definition) is 8. The van der Waals surface area contributed by atoms with Gasteiger partial charge in [-0.2, -0.15) is 0 Å². The molecule has 0 radical (unpaired) electrons. The number of hydrogen-bond donors (Lipinski definition) is 0. The maximum absolute atomic E-state index is 2.33. The Morgan fingerprint density at radius 3 is 0.692 bits per heavy atom. The highest BCUT2D eigenvalue weighted by molar-refractivity contribution is 5.99. The average Bonchev–Trinajstić information content (AvgIpc) is 0.777. The van der Waals surface area contributed by atoms with Crippen LogP contribution in [0.4, 0.5) is 114 Å². The van der Waals surface area contributed by atoms with Gasteiger partial charge in [0, 0.05) is 142 Å². The number of fused-ring (bicyclic) bond motifs is 1. The van der Waals surface area contributed by atoms with Gasteiger partial charge in [-0.05, 0) is 264 Å². The summed E-state index contributed by atoms with van der Waals surface area (Å²) in [6.07, 6.45) is 0. The second kappa shape index (κ2) is 42.2.